The average molecular weight is 264 g/mol. The summed E-state index contributed by atoms with van der Waals surface area (Å²) in [5.74, 6) is 0.146. The quantitative estimate of drug-likeness (QED) is 0.246. The number of carbonyl (C=O) groups is 3. The van der Waals surface area contributed by atoms with Gasteiger partial charge >= 0.3 is 0 Å². The summed E-state index contributed by atoms with van der Waals surface area (Å²) in [7, 11) is 0. The molecule has 0 fully saturated rings. The van der Waals surface area contributed by atoms with Crippen molar-refractivity contribution in [2.45, 2.75) is 39.0 Å². The highest BCUT2D eigenvalue weighted by Gasteiger charge is 2.02. The van der Waals surface area contributed by atoms with Gasteiger partial charge in [0.2, 0.25) is 11.8 Å². The van der Waals surface area contributed by atoms with Crippen LogP contribution in [-0.2, 0) is 14.4 Å². The monoisotopic (exact) mass is 264 g/mol. The molecule has 0 aromatic rings. The van der Waals surface area contributed by atoms with E-state index in [2.05, 4.69) is 30.4 Å². The van der Waals surface area contributed by atoms with Gasteiger partial charge in [0.15, 0.2) is 0 Å². The van der Waals surface area contributed by atoms with Crippen LogP contribution < -0.4 is 10.9 Å². The Morgan fingerprint density at radius 1 is 1.18 bits per heavy atom. The van der Waals surface area contributed by atoms with E-state index in [4.69, 9.17) is 9.90 Å². The van der Waals surface area contributed by atoms with Crippen molar-refractivity contribution >= 4 is 30.9 Å². The molecule has 0 atom stereocenters. The normalized spacial score (nSPS) is 8.59. The molecule has 0 spiro atoms. The number of hydrogen-bond acceptors (Lipinski definition) is 4. The fourth-order valence-corrected chi connectivity index (χ4v) is 1.10. The average Bonchev–Trinajstić information content (AvgIpc) is 2.28. The fraction of sp³-hybridized carbons (Fsp3) is 0.700. The topological polar surface area (TPSA) is 95.5 Å². The lowest BCUT2D eigenvalue weighted by Crippen LogP contribution is -2.41. The maximum absolute atomic E-state index is 11.1. The summed E-state index contributed by atoms with van der Waals surface area (Å²) >= 11 is 3.90. The minimum absolute atomic E-state index is 0.133. The van der Waals surface area contributed by atoms with Crippen molar-refractivity contribution in [1.82, 2.24) is 10.9 Å². The van der Waals surface area contributed by atoms with Gasteiger partial charge in [0.05, 0.1) is 0 Å². The summed E-state index contributed by atoms with van der Waals surface area (Å²) in [6.07, 6.45) is 3.77. The molecular weight excluding hydrogens is 244 g/mol. The first-order chi connectivity index (χ1) is 8.12. The molecule has 0 unspecified atom stereocenters. The predicted octanol–water partition coefficient (Wildman–Crippen LogP) is 0.735. The van der Waals surface area contributed by atoms with Crippen LogP contribution in [0.25, 0.3) is 0 Å². The summed E-state index contributed by atoms with van der Waals surface area (Å²) in [6, 6.07) is 0. The van der Waals surface area contributed by atoms with Crippen molar-refractivity contribution in [2.24, 2.45) is 0 Å². The van der Waals surface area contributed by atoms with Crippen molar-refractivity contribution in [3.8, 4) is 0 Å². The maximum atomic E-state index is 11.1. The maximum Gasteiger partial charge on any atom is 0.290 e. The molecular formula is C10H20N2O4S. The molecule has 0 aliphatic carbocycles. The molecule has 0 aromatic heterocycles. The lowest BCUT2D eigenvalue weighted by atomic mass is 10.2. The summed E-state index contributed by atoms with van der Waals surface area (Å²) in [5, 5.41) is 6.89. The van der Waals surface area contributed by atoms with Crippen LogP contribution in [0, 0.1) is 0 Å². The molecule has 6 nitrogen and oxygen atoms in total. The summed E-state index contributed by atoms with van der Waals surface area (Å²) < 4.78 is 0. The van der Waals surface area contributed by atoms with E-state index in [0.29, 0.717) is 18.6 Å². The largest absolute Gasteiger partial charge is 0.483 e. The van der Waals surface area contributed by atoms with Gasteiger partial charge in [-0.15, -0.1) is 0 Å². The standard InChI is InChI=1S/C9H18N2O2S.CH2O2/c1-2-3-4-5-8(12)10-11-9(13)6-7-14;2-1-3/h14H,2-7H2,1H3,(H,10,12)(H,11,13);1H,(H,2,3). The third-order valence-corrected chi connectivity index (χ3v) is 1.91. The van der Waals surface area contributed by atoms with E-state index in [9.17, 15) is 9.59 Å². The first-order valence-electron chi connectivity index (χ1n) is 5.38. The number of unbranched alkanes of at least 4 members (excludes halogenated alkanes) is 2. The zero-order chi connectivity index (χ0) is 13.5. The van der Waals surface area contributed by atoms with Gasteiger partial charge in [0, 0.05) is 12.8 Å². The molecule has 0 saturated carbocycles. The zero-order valence-electron chi connectivity index (χ0n) is 9.94. The summed E-state index contributed by atoms with van der Waals surface area (Å²) in [4.78, 5) is 30.3. The minimum Gasteiger partial charge on any atom is -0.483 e. The fourth-order valence-electron chi connectivity index (χ4n) is 0.902. The molecule has 0 rings (SSSR count). The lowest BCUT2D eigenvalue weighted by Gasteiger charge is -2.05. The van der Waals surface area contributed by atoms with Crippen LogP contribution in [0.4, 0.5) is 0 Å². The van der Waals surface area contributed by atoms with E-state index in [-0.39, 0.29) is 18.3 Å². The molecule has 0 aliphatic heterocycles. The highest BCUT2D eigenvalue weighted by Crippen LogP contribution is 1.97. The Kier molecular flexibility index (Phi) is 15.7. The van der Waals surface area contributed by atoms with Gasteiger partial charge in [-0.25, -0.2) is 0 Å². The van der Waals surface area contributed by atoms with Crippen molar-refractivity contribution < 1.29 is 19.5 Å². The molecule has 100 valence electrons. The molecule has 0 radical (unpaired) electrons. The first-order valence-corrected chi connectivity index (χ1v) is 6.02. The van der Waals surface area contributed by atoms with Crippen molar-refractivity contribution in [1.29, 1.82) is 0 Å². The van der Waals surface area contributed by atoms with Crippen molar-refractivity contribution in [2.75, 3.05) is 5.75 Å². The van der Waals surface area contributed by atoms with E-state index in [1.807, 2.05) is 0 Å². The van der Waals surface area contributed by atoms with E-state index in [1.54, 1.807) is 0 Å². The molecule has 7 heteroatoms. The molecule has 0 saturated heterocycles. The molecule has 3 N–H and O–H groups in total. The number of carbonyl (C=O) groups excluding carboxylic acids is 2. The second-order valence-electron chi connectivity index (χ2n) is 3.13. The molecule has 0 bridgehead atoms. The van der Waals surface area contributed by atoms with Gasteiger partial charge in [-0.2, -0.15) is 12.6 Å². The molecule has 0 heterocycles. The Morgan fingerprint density at radius 3 is 2.06 bits per heavy atom. The van der Waals surface area contributed by atoms with E-state index >= 15 is 0 Å². The van der Waals surface area contributed by atoms with Crippen LogP contribution in [-0.4, -0.2) is 29.1 Å². The lowest BCUT2D eigenvalue weighted by molar-refractivity contribution is -0.128. The van der Waals surface area contributed by atoms with Crippen molar-refractivity contribution in [3.63, 3.8) is 0 Å². The number of hydrazine groups is 1. The van der Waals surface area contributed by atoms with E-state index in [1.165, 1.54) is 0 Å². The second kappa shape index (κ2) is 14.8. The van der Waals surface area contributed by atoms with Gasteiger partial charge in [0.25, 0.3) is 6.47 Å². The number of nitrogens with one attached hydrogen (secondary N) is 2. The Bertz CT molecular complexity index is 224. The van der Waals surface area contributed by atoms with Crippen LogP contribution in [0.5, 0.6) is 0 Å². The minimum atomic E-state index is -0.250. The molecule has 0 aliphatic rings. The second-order valence-corrected chi connectivity index (χ2v) is 3.58. The smallest absolute Gasteiger partial charge is 0.290 e. The van der Waals surface area contributed by atoms with E-state index < -0.39 is 0 Å². The SMILES string of the molecule is CCCCCC(=O)NNC(=O)CCS.O=CO. The predicted molar refractivity (Wildman–Crippen MR) is 67.6 cm³/mol. The van der Waals surface area contributed by atoms with Crippen LogP contribution in [0.2, 0.25) is 0 Å². The third kappa shape index (κ3) is 17.4. The Hall–Kier alpha value is -1.24. The van der Waals surface area contributed by atoms with Crippen molar-refractivity contribution in [3.05, 3.63) is 0 Å². The molecule has 2 amide bonds. The van der Waals surface area contributed by atoms with Gasteiger partial charge in [0.1, 0.15) is 0 Å². The molecule has 17 heavy (non-hydrogen) atoms. The number of rotatable bonds is 6. The highest BCUT2D eigenvalue weighted by molar-refractivity contribution is 7.80. The Labute approximate surface area is 107 Å². The van der Waals surface area contributed by atoms with Crippen LogP contribution >= 0.6 is 12.6 Å². The van der Waals surface area contributed by atoms with Gasteiger partial charge in [-0.3, -0.25) is 25.2 Å². The number of amides is 2. The van der Waals surface area contributed by atoms with Gasteiger partial charge < -0.3 is 5.11 Å². The Morgan fingerprint density at radius 2 is 1.65 bits per heavy atom. The van der Waals surface area contributed by atoms with Crippen LogP contribution in [0.15, 0.2) is 0 Å². The van der Waals surface area contributed by atoms with Crippen LogP contribution in [0.1, 0.15) is 39.0 Å². The van der Waals surface area contributed by atoms with Gasteiger partial charge in [-0.05, 0) is 12.2 Å². The van der Waals surface area contributed by atoms with E-state index in [0.717, 1.165) is 19.3 Å². The summed E-state index contributed by atoms with van der Waals surface area (Å²) in [5.41, 5.74) is 4.68. The number of hydrogen-bond donors (Lipinski definition) is 4. The molecule has 0 aromatic carbocycles. The zero-order valence-corrected chi connectivity index (χ0v) is 10.8. The van der Waals surface area contributed by atoms with Crippen LogP contribution in [0.3, 0.4) is 0 Å². The summed E-state index contributed by atoms with van der Waals surface area (Å²) in [6.45, 7) is 1.83. The highest BCUT2D eigenvalue weighted by atomic mass is 32.1. The van der Waals surface area contributed by atoms with Gasteiger partial charge in [-0.1, -0.05) is 19.8 Å². The Balaban J connectivity index is 0. The third-order valence-electron chi connectivity index (χ3n) is 1.69. The number of thiol groups is 1. The first kappa shape index (κ1) is 18.1. The number of carboxylic acid groups (broad SMARTS) is 1.